The zero-order valence-corrected chi connectivity index (χ0v) is 8.45. The average molecular weight is 190 g/mol. The SMILES string of the molecule is CSCC(=O)NCCCCCN. The highest BCUT2D eigenvalue weighted by molar-refractivity contribution is 7.99. The summed E-state index contributed by atoms with van der Waals surface area (Å²) >= 11 is 1.55. The van der Waals surface area contributed by atoms with Crippen LogP contribution in [0, 0.1) is 0 Å². The summed E-state index contributed by atoms with van der Waals surface area (Å²) in [4.78, 5) is 10.9. The van der Waals surface area contributed by atoms with Crippen molar-refractivity contribution in [1.82, 2.24) is 5.32 Å². The maximum Gasteiger partial charge on any atom is 0.229 e. The fraction of sp³-hybridized carbons (Fsp3) is 0.875. The van der Waals surface area contributed by atoms with Gasteiger partial charge in [-0.05, 0) is 25.6 Å². The molecule has 0 atom stereocenters. The third-order valence-electron chi connectivity index (χ3n) is 1.48. The molecule has 0 saturated carbocycles. The van der Waals surface area contributed by atoms with Gasteiger partial charge in [0.25, 0.3) is 0 Å². The molecule has 1 amide bonds. The monoisotopic (exact) mass is 190 g/mol. The summed E-state index contributed by atoms with van der Waals surface area (Å²) in [6, 6.07) is 0. The van der Waals surface area contributed by atoms with Crippen molar-refractivity contribution in [2.45, 2.75) is 19.3 Å². The Bertz CT molecular complexity index is 120. The van der Waals surface area contributed by atoms with Gasteiger partial charge in [-0.15, -0.1) is 0 Å². The zero-order valence-electron chi connectivity index (χ0n) is 7.64. The van der Waals surface area contributed by atoms with Crippen LogP contribution in [-0.4, -0.2) is 31.0 Å². The van der Waals surface area contributed by atoms with Gasteiger partial charge in [0.05, 0.1) is 5.75 Å². The highest BCUT2D eigenvalue weighted by Crippen LogP contribution is 1.92. The summed E-state index contributed by atoms with van der Waals surface area (Å²) in [5.41, 5.74) is 5.33. The van der Waals surface area contributed by atoms with Gasteiger partial charge in [0.15, 0.2) is 0 Å². The molecule has 3 nitrogen and oxygen atoms in total. The van der Waals surface area contributed by atoms with Crippen molar-refractivity contribution in [2.24, 2.45) is 5.73 Å². The second kappa shape index (κ2) is 8.87. The van der Waals surface area contributed by atoms with Gasteiger partial charge in [-0.3, -0.25) is 4.79 Å². The average Bonchev–Trinajstić information content (AvgIpc) is 2.05. The first-order valence-corrected chi connectivity index (χ1v) is 5.66. The first-order chi connectivity index (χ1) is 5.81. The standard InChI is InChI=1S/C8H18N2OS/c1-12-7-8(11)10-6-4-2-3-5-9/h2-7,9H2,1H3,(H,10,11). The molecular weight excluding hydrogens is 172 g/mol. The summed E-state index contributed by atoms with van der Waals surface area (Å²) in [7, 11) is 0. The van der Waals surface area contributed by atoms with Crippen LogP contribution in [0.1, 0.15) is 19.3 Å². The second-order valence-electron chi connectivity index (χ2n) is 2.63. The molecule has 0 aliphatic carbocycles. The molecule has 0 rings (SSSR count). The topological polar surface area (TPSA) is 55.1 Å². The van der Waals surface area contributed by atoms with Crippen LogP contribution in [-0.2, 0) is 4.79 Å². The first kappa shape index (κ1) is 11.8. The number of rotatable bonds is 7. The number of carbonyl (C=O) groups excluding carboxylic acids is 1. The van der Waals surface area contributed by atoms with Crippen LogP contribution in [0.15, 0.2) is 0 Å². The minimum atomic E-state index is 0.134. The number of unbranched alkanes of at least 4 members (excludes halogenated alkanes) is 2. The van der Waals surface area contributed by atoms with Crippen LogP contribution < -0.4 is 11.1 Å². The van der Waals surface area contributed by atoms with Gasteiger partial charge in [0.2, 0.25) is 5.91 Å². The van der Waals surface area contributed by atoms with Gasteiger partial charge in [-0.1, -0.05) is 6.42 Å². The van der Waals surface area contributed by atoms with Crippen molar-refractivity contribution < 1.29 is 4.79 Å². The van der Waals surface area contributed by atoms with E-state index < -0.39 is 0 Å². The normalized spacial score (nSPS) is 9.83. The molecule has 0 fully saturated rings. The van der Waals surface area contributed by atoms with Crippen LogP contribution in [0.5, 0.6) is 0 Å². The quantitative estimate of drug-likeness (QED) is 0.578. The van der Waals surface area contributed by atoms with Gasteiger partial charge in [-0.2, -0.15) is 11.8 Å². The Morgan fingerprint density at radius 1 is 1.42 bits per heavy atom. The maximum absolute atomic E-state index is 10.9. The molecule has 0 saturated heterocycles. The van der Waals surface area contributed by atoms with E-state index in [2.05, 4.69) is 5.32 Å². The fourth-order valence-corrected chi connectivity index (χ4v) is 1.22. The lowest BCUT2D eigenvalue weighted by Crippen LogP contribution is -2.26. The molecule has 0 aromatic carbocycles. The number of carbonyl (C=O) groups is 1. The highest BCUT2D eigenvalue weighted by atomic mass is 32.2. The molecule has 72 valence electrons. The lowest BCUT2D eigenvalue weighted by Gasteiger charge is -2.02. The summed E-state index contributed by atoms with van der Waals surface area (Å²) in [6.45, 7) is 1.54. The Balaban J connectivity index is 3.03. The number of hydrogen-bond acceptors (Lipinski definition) is 3. The predicted molar refractivity (Wildman–Crippen MR) is 54.3 cm³/mol. The van der Waals surface area contributed by atoms with Crippen molar-refractivity contribution in [2.75, 3.05) is 25.1 Å². The molecule has 4 heteroatoms. The van der Waals surface area contributed by atoms with Crippen molar-refractivity contribution >= 4 is 17.7 Å². The summed E-state index contributed by atoms with van der Waals surface area (Å²) in [5, 5.41) is 2.84. The van der Waals surface area contributed by atoms with Gasteiger partial charge in [0, 0.05) is 6.54 Å². The number of hydrogen-bond donors (Lipinski definition) is 2. The molecule has 0 unspecified atom stereocenters. The summed E-state index contributed by atoms with van der Waals surface area (Å²) in [5.74, 6) is 0.701. The van der Waals surface area contributed by atoms with E-state index in [-0.39, 0.29) is 5.91 Å². The molecule has 0 heterocycles. The Morgan fingerprint density at radius 3 is 2.75 bits per heavy atom. The molecule has 0 aromatic heterocycles. The highest BCUT2D eigenvalue weighted by Gasteiger charge is 1.96. The Hall–Kier alpha value is -0.220. The van der Waals surface area contributed by atoms with Gasteiger partial charge in [-0.25, -0.2) is 0 Å². The third kappa shape index (κ3) is 7.88. The van der Waals surface area contributed by atoms with E-state index in [1.807, 2.05) is 6.26 Å². The summed E-state index contributed by atoms with van der Waals surface area (Å²) < 4.78 is 0. The minimum Gasteiger partial charge on any atom is -0.355 e. The zero-order chi connectivity index (χ0) is 9.23. The number of nitrogens with one attached hydrogen (secondary N) is 1. The number of nitrogens with two attached hydrogens (primary N) is 1. The van der Waals surface area contributed by atoms with Crippen LogP contribution >= 0.6 is 11.8 Å². The molecule has 12 heavy (non-hydrogen) atoms. The molecule has 0 bridgehead atoms. The molecule has 0 spiro atoms. The minimum absolute atomic E-state index is 0.134. The molecule has 3 N–H and O–H groups in total. The largest absolute Gasteiger partial charge is 0.355 e. The van der Waals surface area contributed by atoms with E-state index in [0.717, 1.165) is 32.4 Å². The van der Waals surface area contributed by atoms with Gasteiger partial charge < -0.3 is 11.1 Å². The molecule has 0 radical (unpaired) electrons. The van der Waals surface area contributed by atoms with Crippen LogP contribution in [0.25, 0.3) is 0 Å². The second-order valence-corrected chi connectivity index (χ2v) is 3.50. The number of amides is 1. The maximum atomic E-state index is 10.9. The Morgan fingerprint density at radius 2 is 2.17 bits per heavy atom. The van der Waals surface area contributed by atoms with E-state index >= 15 is 0 Å². The van der Waals surface area contributed by atoms with Crippen molar-refractivity contribution in [3.63, 3.8) is 0 Å². The van der Waals surface area contributed by atoms with Crippen molar-refractivity contribution in [3.8, 4) is 0 Å². The fourth-order valence-electron chi connectivity index (χ4n) is 0.856. The van der Waals surface area contributed by atoms with E-state index in [1.165, 1.54) is 0 Å². The van der Waals surface area contributed by atoms with E-state index in [4.69, 9.17) is 5.73 Å². The first-order valence-electron chi connectivity index (χ1n) is 4.27. The smallest absolute Gasteiger partial charge is 0.229 e. The van der Waals surface area contributed by atoms with Crippen LogP contribution in [0.3, 0.4) is 0 Å². The van der Waals surface area contributed by atoms with E-state index in [1.54, 1.807) is 11.8 Å². The van der Waals surface area contributed by atoms with Gasteiger partial charge in [0.1, 0.15) is 0 Å². The third-order valence-corrected chi connectivity index (χ3v) is 2.03. The lowest BCUT2D eigenvalue weighted by molar-refractivity contribution is -0.118. The van der Waals surface area contributed by atoms with E-state index in [0.29, 0.717) is 5.75 Å². The van der Waals surface area contributed by atoms with Crippen LogP contribution in [0.2, 0.25) is 0 Å². The molecular formula is C8H18N2OS. The Labute approximate surface area is 78.5 Å². The predicted octanol–water partition coefficient (Wildman–Crippen LogP) is 0.595. The molecule has 0 aliphatic heterocycles. The van der Waals surface area contributed by atoms with Crippen molar-refractivity contribution in [1.29, 1.82) is 0 Å². The molecule has 0 aliphatic rings. The van der Waals surface area contributed by atoms with Crippen molar-refractivity contribution in [3.05, 3.63) is 0 Å². The van der Waals surface area contributed by atoms with Gasteiger partial charge >= 0.3 is 0 Å². The van der Waals surface area contributed by atoms with E-state index in [9.17, 15) is 4.79 Å². The number of thioether (sulfide) groups is 1. The summed E-state index contributed by atoms with van der Waals surface area (Å²) in [6.07, 6.45) is 5.12. The molecule has 0 aromatic rings. The lowest BCUT2D eigenvalue weighted by atomic mass is 10.2. The Kier molecular flexibility index (Phi) is 8.71. The van der Waals surface area contributed by atoms with Crippen LogP contribution in [0.4, 0.5) is 0 Å².